The quantitative estimate of drug-likeness (QED) is 0.0685. The largest absolute Gasteiger partial charge is 0.460 e. The lowest BCUT2D eigenvalue weighted by Gasteiger charge is -2.42. The van der Waals surface area contributed by atoms with Crippen molar-refractivity contribution in [3.05, 3.63) is 17.5 Å². The molecule has 0 N–H and O–H groups in total. The van der Waals surface area contributed by atoms with Crippen molar-refractivity contribution in [2.75, 3.05) is 0 Å². The SMILES string of the molecule is CCCc1cc(CO[Si](CCC(F)(F)C(F)(F)C(F)(F)C(F)(F)C(F)(F)C(F)(F)F)(CCC(F)(F)C(F)(F)C(F)(F)C(F)(F)C(F)(F)C(F)(F)F)CCC(F)(F)C(F)(F)C(F)(F)C(F)(F)C(F)(F)C(F)(F)F)on1. The van der Waals surface area contributed by atoms with E-state index in [1.807, 2.05) is 0 Å². The van der Waals surface area contributed by atoms with Crippen molar-refractivity contribution in [3.8, 4) is 0 Å². The molecule has 0 unspecified atom stereocenters. The first kappa shape index (κ1) is 68.7. The van der Waals surface area contributed by atoms with E-state index in [9.17, 15) is 145 Å². The van der Waals surface area contributed by atoms with Crippen molar-refractivity contribution in [2.24, 2.45) is 0 Å². The van der Waals surface area contributed by atoms with E-state index in [0.29, 0.717) is 6.07 Å². The van der Waals surface area contributed by atoms with E-state index in [1.54, 1.807) is 0 Å². The molecule has 0 atom stereocenters. The second-order valence-electron chi connectivity index (χ2n) is 15.5. The van der Waals surface area contributed by atoms with Crippen molar-refractivity contribution >= 4 is 8.32 Å². The number of hydrogen-bond acceptors (Lipinski definition) is 3. The minimum absolute atomic E-state index is 0.0862. The Hall–Kier alpha value is -3.34. The second-order valence-corrected chi connectivity index (χ2v) is 19.7. The molecule has 0 spiro atoms. The van der Waals surface area contributed by atoms with Crippen LogP contribution in [0, 0.1) is 0 Å². The highest BCUT2D eigenvalue weighted by Crippen LogP contribution is 2.65. The van der Waals surface area contributed by atoms with Crippen LogP contribution in [0.2, 0.25) is 18.1 Å². The van der Waals surface area contributed by atoms with Gasteiger partial charge in [0.15, 0.2) is 14.1 Å². The number of rotatable bonds is 26. The van der Waals surface area contributed by atoms with Crippen LogP contribution in [0.25, 0.3) is 0 Å². The molecule has 1 aromatic rings. The van der Waals surface area contributed by atoms with E-state index in [-0.39, 0.29) is 12.8 Å². The fourth-order valence-electron chi connectivity index (χ4n) is 5.64. The molecule has 440 valence electrons. The van der Waals surface area contributed by atoms with Crippen LogP contribution in [0.1, 0.15) is 44.1 Å². The number of nitrogens with zero attached hydrogens (tertiary/aromatic N) is 1. The van der Waals surface area contributed by atoms with E-state index in [0.717, 1.165) is 0 Å². The Balaban J connectivity index is 4.44. The van der Waals surface area contributed by atoms with Crippen LogP contribution in [0.4, 0.5) is 171 Å². The maximum Gasteiger partial charge on any atom is 0.460 e. The molecule has 43 heteroatoms. The van der Waals surface area contributed by atoms with Gasteiger partial charge in [-0.1, -0.05) is 18.5 Å². The van der Waals surface area contributed by atoms with Crippen molar-refractivity contribution < 1.29 is 180 Å². The Morgan fingerprint density at radius 1 is 0.365 bits per heavy atom. The molecule has 3 nitrogen and oxygen atoms in total. The summed E-state index contributed by atoms with van der Waals surface area (Å²) in [4.78, 5) is 0. The van der Waals surface area contributed by atoms with Gasteiger partial charge in [0.1, 0.15) is 0 Å². The molecule has 1 heterocycles. The summed E-state index contributed by atoms with van der Waals surface area (Å²) in [6.45, 7) is -1.04. The van der Waals surface area contributed by atoms with Crippen LogP contribution in [0.3, 0.4) is 0 Å². The van der Waals surface area contributed by atoms with Gasteiger partial charge in [0.25, 0.3) is 0 Å². The molecule has 0 saturated carbocycles. The summed E-state index contributed by atoms with van der Waals surface area (Å²) >= 11 is 0. The molecule has 0 aliphatic carbocycles. The van der Waals surface area contributed by atoms with Gasteiger partial charge in [-0.05, 0) is 24.6 Å². The van der Waals surface area contributed by atoms with Gasteiger partial charge in [-0.15, -0.1) is 0 Å². The highest BCUT2D eigenvalue weighted by atomic mass is 28.4. The van der Waals surface area contributed by atoms with Gasteiger partial charge in [-0.3, -0.25) is 0 Å². The molecule has 0 aliphatic rings. The molecule has 0 radical (unpaired) electrons. The van der Waals surface area contributed by atoms with Gasteiger partial charge in [0.2, 0.25) is 0 Å². The lowest BCUT2D eigenvalue weighted by Crippen LogP contribution is -2.70. The molecular weight excluding hydrogens is 1190 g/mol. The summed E-state index contributed by atoms with van der Waals surface area (Å²) in [7, 11) is -7.38. The lowest BCUT2D eigenvalue weighted by molar-refractivity contribution is -0.440. The predicted molar refractivity (Wildman–Crippen MR) is 162 cm³/mol. The first-order valence-corrected chi connectivity index (χ1v) is 20.9. The highest BCUT2D eigenvalue weighted by molar-refractivity contribution is 6.73. The van der Waals surface area contributed by atoms with Crippen LogP contribution >= 0.6 is 0 Å². The summed E-state index contributed by atoms with van der Waals surface area (Å²) in [6.07, 6.45) is -37.4. The van der Waals surface area contributed by atoms with Crippen molar-refractivity contribution in [1.82, 2.24) is 5.16 Å². The topological polar surface area (TPSA) is 35.3 Å². The van der Waals surface area contributed by atoms with Crippen LogP contribution in [-0.4, -0.2) is 121 Å². The summed E-state index contributed by atoms with van der Waals surface area (Å²) < 4.78 is 549. The number of halogens is 39. The van der Waals surface area contributed by atoms with Crippen LogP contribution in [0.5, 0.6) is 0 Å². The van der Waals surface area contributed by atoms with E-state index < -0.39 is 171 Å². The minimum atomic E-state index is -8.92. The Morgan fingerprint density at radius 3 is 0.811 bits per heavy atom. The van der Waals surface area contributed by atoms with Gasteiger partial charge in [-0.2, -0.15) is 171 Å². The average Bonchev–Trinajstić information content (AvgIpc) is 3.65. The van der Waals surface area contributed by atoms with Gasteiger partial charge >= 0.3 is 107 Å². The summed E-state index contributed by atoms with van der Waals surface area (Å²) in [5.74, 6) is -130. The third kappa shape index (κ3) is 10.8. The molecule has 0 aromatic carbocycles. The maximum atomic E-state index is 15.0. The van der Waals surface area contributed by atoms with E-state index in [2.05, 4.69) is 14.1 Å². The maximum absolute atomic E-state index is 15.0. The Morgan fingerprint density at radius 2 is 0.595 bits per heavy atom. The lowest BCUT2D eigenvalue weighted by atomic mass is 9.93. The van der Waals surface area contributed by atoms with Crippen molar-refractivity contribution in [2.45, 2.75) is 171 Å². The Bertz CT molecular complexity index is 1850. The summed E-state index contributed by atoms with van der Waals surface area (Å²) in [5.41, 5.74) is -0.502. The highest BCUT2D eigenvalue weighted by Gasteiger charge is 2.93. The molecule has 0 bridgehead atoms. The summed E-state index contributed by atoms with van der Waals surface area (Å²) in [6, 6.07) is -10.1. The van der Waals surface area contributed by atoms with Gasteiger partial charge < -0.3 is 8.95 Å². The van der Waals surface area contributed by atoms with Crippen molar-refractivity contribution in [1.29, 1.82) is 0 Å². The standard InChI is InChI=1S/C31H22F39NO2Si/c1-2-3-12-10-13(73-71-12)11-72-74(7-4-14(32,33)17(38,39)20(44,45)23(50,51)26(56,57)29(62,63)64,8-5-15(34,35)18(40,41)21(46,47)24(52,53)27(58,59)30(65,66)67)9-6-16(36,37)19(42,43)22(48,49)25(54,55)28(60,61)31(68,69)70/h10H,2-9,11H2,1H3. The number of aryl methyl sites for hydroxylation is 1. The third-order valence-corrected chi connectivity index (χ3v) is 14.6. The Kier molecular flexibility index (Phi) is 18.1. The van der Waals surface area contributed by atoms with Crippen LogP contribution < -0.4 is 0 Å². The summed E-state index contributed by atoms with van der Waals surface area (Å²) in [5, 5.41) is 3.04. The smallest absolute Gasteiger partial charge is 0.409 e. The first-order valence-electron chi connectivity index (χ1n) is 18.3. The van der Waals surface area contributed by atoms with Gasteiger partial charge in [-0.25, -0.2) is 0 Å². The second kappa shape index (κ2) is 19.5. The van der Waals surface area contributed by atoms with E-state index in [1.165, 1.54) is 6.92 Å². The predicted octanol–water partition coefficient (Wildman–Crippen LogP) is 16.5. The normalized spacial score (nSPS) is 16.4. The molecule has 0 amide bonds. The monoisotopic (exact) mass is 1210 g/mol. The van der Waals surface area contributed by atoms with Crippen LogP contribution in [-0.2, 0) is 17.5 Å². The number of alkyl halides is 39. The zero-order valence-corrected chi connectivity index (χ0v) is 35.4. The minimum Gasteiger partial charge on any atom is -0.409 e. The fourth-order valence-corrected chi connectivity index (χ4v) is 9.59. The molecule has 1 aromatic heterocycles. The molecule has 0 saturated heterocycles. The molecule has 0 aliphatic heterocycles. The molecule has 1 rings (SSSR count). The molecule has 74 heavy (non-hydrogen) atoms. The number of hydrogen-bond donors (Lipinski definition) is 0. The van der Waals surface area contributed by atoms with Gasteiger partial charge in [0.05, 0.1) is 12.3 Å². The zero-order chi connectivity index (χ0) is 59.8. The van der Waals surface area contributed by atoms with E-state index in [4.69, 9.17) is 0 Å². The average molecular weight is 1210 g/mol. The number of aromatic nitrogens is 1. The van der Waals surface area contributed by atoms with Crippen molar-refractivity contribution in [3.63, 3.8) is 0 Å². The molecule has 0 fully saturated rings. The zero-order valence-electron chi connectivity index (χ0n) is 34.4. The third-order valence-electron chi connectivity index (χ3n) is 10.3. The van der Waals surface area contributed by atoms with E-state index >= 15 is 26.3 Å². The Labute approximate surface area is 383 Å². The van der Waals surface area contributed by atoms with Crippen LogP contribution in [0.15, 0.2) is 10.6 Å². The van der Waals surface area contributed by atoms with Gasteiger partial charge in [0, 0.05) is 25.3 Å². The molecular formula is C31H22F39NO2Si. The first-order chi connectivity index (χ1) is 31.9. The fraction of sp³-hybridized carbons (Fsp3) is 0.903.